The van der Waals surface area contributed by atoms with Gasteiger partial charge in [-0.05, 0) is 38.0 Å². The zero-order valence-corrected chi connectivity index (χ0v) is 13.2. The fourth-order valence-corrected chi connectivity index (χ4v) is 4.13. The van der Waals surface area contributed by atoms with Gasteiger partial charge in [-0.2, -0.15) is 0 Å². The van der Waals surface area contributed by atoms with Gasteiger partial charge < -0.3 is 13.9 Å². The Morgan fingerprint density at radius 1 is 1.09 bits per heavy atom. The summed E-state index contributed by atoms with van der Waals surface area (Å²) in [7, 11) is 0. The fraction of sp³-hybridized carbons (Fsp3) is 0.875. The zero-order chi connectivity index (χ0) is 14.9. The maximum absolute atomic E-state index is 6.27. The van der Waals surface area contributed by atoms with Gasteiger partial charge in [-0.25, -0.2) is 0 Å². The van der Waals surface area contributed by atoms with Crippen molar-refractivity contribution in [2.45, 2.75) is 57.3 Å². The molecule has 4 rings (SSSR count). The van der Waals surface area contributed by atoms with Gasteiger partial charge in [-0.3, -0.25) is 4.90 Å². The minimum Gasteiger partial charge on any atom is -0.423 e. The van der Waals surface area contributed by atoms with Gasteiger partial charge in [0.2, 0.25) is 11.8 Å². The van der Waals surface area contributed by atoms with Crippen molar-refractivity contribution in [1.82, 2.24) is 15.1 Å². The van der Waals surface area contributed by atoms with E-state index < -0.39 is 0 Å². The van der Waals surface area contributed by atoms with Crippen molar-refractivity contribution in [1.29, 1.82) is 0 Å². The fourth-order valence-electron chi connectivity index (χ4n) is 4.13. The molecular formula is C16H25N3O3. The van der Waals surface area contributed by atoms with Crippen molar-refractivity contribution in [3.63, 3.8) is 0 Å². The molecule has 0 N–H and O–H groups in total. The van der Waals surface area contributed by atoms with E-state index in [-0.39, 0.29) is 6.10 Å². The predicted molar refractivity (Wildman–Crippen MR) is 79.4 cm³/mol. The molecule has 0 aliphatic carbocycles. The average molecular weight is 307 g/mol. The molecule has 3 saturated heterocycles. The number of likely N-dealkylation sites (tertiary alicyclic amines) is 1. The molecule has 0 spiro atoms. The molecule has 6 heteroatoms. The highest BCUT2D eigenvalue weighted by molar-refractivity contribution is 4.97. The van der Waals surface area contributed by atoms with E-state index in [1.807, 2.05) is 6.92 Å². The topological polar surface area (TPSA) is 60.6 Å². The Bertz CT molecular complexity index is 501. The molecule has 4 heterocycles. The van der Waals surface area contributed by atoms with Gasteiger partial charge in [0, 0.05) is 39.3 Å². The number of fused-ring (bicyclic) bond motifs is 1. The summed E-state index contributed by atoms with van der Waals surface area (Å²) in [6.45, 7) is 6.05. The zero-order valence-electron chi connectivity index (χ0n) is 13.2. The lowest BCUT2D eigenvalue weighted by Crippen LogP contribution is -2.43. The summed E-state index contributed by atoms with van der Waals surface area (Å²) in [5.74, 6) is 2.07. The van der Waals surface area contributed by atoms with Crippen molar-refractivity contribution >= 4 is 0 Å². The molecule has 0 unspecified atom stereocenters. The highest BCUT2D eigenvalue weighted by atomic mass is 16.5. The number of aryl methyl sites for hydroxylation is 1. The predicted octanol–water partition coefficient (Wildman–Crippen LogP) is 2.10. The molecular weight excluding hydrogens is 282 g/mol. The number of rotatable bonds is 3. The lowest BCUT2D eigenvalue weighted by molar-refractivity contribution is -0.0833. The first kappa shape index (κ1) is 14.6. The smallest absolute Gasteiger partial charge is 0.245 e. The van der Waals surface area contributed by atoms with Crippen LogP contribution in [-0.4, -0.2) is 53.5 Å². The highest BCUT2D eigenvalue weighted by Gasteiger charge is 2.42. The number of hydrogen-bond donors (Lipinski definition) is 0. The van der Waals surface area contributed by atoms with Gasteiger partial charge >= 0.3 is 0 Å². The van der Waals surface area contributed by atoms with Crippen LogP contribution in [0.4, 0.5) is 0 Å². The lowest BCUT2D eigenvalue weighted by Gasteiger charge is -2.36. The van der Waals surface area contributed by atoms with Gasteiger partial charge in [0.1, 0.15) is 6.10 Å². The molecule has 3 aliphatic rings. The van der Waals surface area contributed by atoms with Crippen molar-refractivity contribution in [3.8, 4) is 0 Å². The summed E-state index contributed by atoms with van der Waals surface area (Å²) in [6.07, 6.45) is 6.00. The van der Waals surface area contributed by atoms with Crippen LogP contribution in [0, 0.1) is 12.8 Å². The molecule has 6 nitrogen and oxygen atoms in total. The normalized spacial score (nSPS) is 34.0. The van der Waals surface area contributed by atoms with Gasteiger partial charge in [0.25, 0.3) is 0 Å². The Morgan fingerprint density at radius 2 is 1.95 bits per heavy atom. The molecule has 3 aliphatic heterocycles. The Hall–Kier alpha value is -0.980. The third-order valence-electron chi connectivity index (χ3n) is 5.31. The molecule has 0 aromatic carbocycles. The molecule has 1 aromatic rings. The van der Waals surface area contributed by atoms with Crippen LogP contribution in [0.15, 0.2) is 4.42 Å². The minimum absolute atomic E-state index is 0.00881. The third kappa shape index (κ3) is 2.92. The molecule has 0 amide bonds. The summed E-state index contributed by atoms with van der Waals surface area (Å²) in [5, 5.41) is 8.05. The van der Waals surface area contributed by atoms with E-state index in [1.54, 1.807) is 0 Å². The van der Waals surface area contributed by atoms with Crippen LogP contribution in [0.3, 0.4) is 0 Å². The molecule has 0 saturated carbocycles. The first-order valence-corrected chi connectivity index (χ1v) is 8.57. The van der Waals surface area contributed by atoms with Gasteiger partial charge in [-0.15, -0.1) is 10.2 Å². The van der Waals surface area contributed by atoms with Gasteiger partial charge in [0.15, 0.2) is 0 Å². The van der Waals surface area contributed by atoms with Crippen molar-refractivity contribution < 1.29 is 13.9 Å². The second-order valence-corrected chi connectivity index (χ2v) is 6.81. The number of ether oxygens (including phenoxy) is 2. The van der Waals surface area contributed by atoms with Gasteiger partial charge in [-0.1, -0.05) is 0 Å². The monoisotopic (exact) mass is 307 g/mol. The molecule has 3 atom stereocenters. The summed E-state index contributed by atoms with van der Waals surface area (Å²) in [4.78, 5) is 2.65. The third-order valence-corrected chi connectivity index (χ3v) is 5.31. The first-order chi connectivity index (χ1) is 10.8. The number of hydrogen-bond acceptors (Lipinski definition) is 6. The van der Waals surface area contributed by atoms with Crippen molar-refractivity contribution in [3.05, 3.63) is 11.8 Å². The van der Waals surface area contributed by atoms with Gasteiger partial charge in [0.05, 0.1) is 6.10 Å². The lowest BCUT2D eigenvalue weighted by atomic mass is 9.96. The Kier molecular flexibility index (Phi) is 4.15. The molecule has 22 heavy (non-hydrogen) atoms. The van der Waals surface area contributed by atoms with Crippen LogP contribution < -0.4 is 0 Å². The Balaban J connectivity index is 1.35. The summed E-state index contributed by atoms with van der Waals surface area (Å²) < 4.78 is 17.3. The van der Waals surface area contributed by atoms with Crippen LogP contribution in [0.25, 0.3) is 0 Å². The van der Waals surface area contributed by atoms with E-state index in [2.05, 4.69) is 15.1 Å². The maximum atomic E-state index is 6.27. The molecule has 0 radical (unpaired) electrons. The molecule has 0 bridgehead atoms. The molecule has 122 valence electrons. The summed E-state index contributed by atoms with van der Waals surface area (Å²) >= 11 is 0. The van der Waals surface area contributed by atoms with Crippen molar-refractivity contribution in [2.75, 3.05) is 26.3 Å². The van der Waals surface area contributed by atoms with E-state index >= 15 is 0 Å². The number of aromatic nitrogens is 2. The van der Waals surface area contributed by atoms with Crippen molar-refractivity contribution in [2.24, 2.45) is 5.92 Å². The van der Waals surface area contributed by atoms with Crippen LogP contribution in [0.2, 0.25) is 0 Å². The largest absolute Gasteiger partial charge is 0.423 e. The first-order valence-electron chi connectivity index (χ1n) is 8.57. The Morgan fingerprint density at radius 3 is 2.73 bits per heavy atom. The van der Waals surface area contributed by atoms with E-state index in [0.29, 0.717) is 23.9 Å². The second kappa shape index (κ2) is 6.26. The van der Waals surface area contributed by atoms with E-state index in [1.165, 1.54) is 25.8 Å². The minimum atomic E-state index is -0.00881. The SMILES string of the molecule is Cc1nnc([C@@H]2CC[C@@H]3[C@@H](CCN3CC3CCOCC3)O2)o1. The highest BCUT2D eigenvalue weighted by Crippen LogP contribution is 2.38. The number of nitrogens with zero attached hydrogens (tertiary/aromatic N) is 3. The average Bonchev–Trinajstić information content (AvgIpc) is 3.15. The Labute approximate surface area is 131 Å². The van der Waals surface area contributed by atoms with E-state index in [9.17, 15) is 0 Å². The summed E-state index contributed by atoms with van der Waals surface area (Å²) in [6, 6.07) is 0.572. The van der Waals surface area contributed by atoms with E-state index in [4.69, 9.17) is 13.9 Å². The summed E-state index contributed by atoms with van der Waals surface area (Å²) in [5.41, 5.74) is 0. The molecule has 1 aromatic heterocycles. The quantitative estimate of drug-likeness (QED) is 0.852. The van der Waals surface area contributed by atoms with Crippen LogP contribution in [-0.2, 0) is 9.47 Å². The maximum Gasteiger partial charge on any atom is 0.245 e. The second-order valence-electron chi connectivity index (χ2n) is 6.81. The van der Waals surface area contributed by atoms with E-state index in [0.717, 1.165) is 38.5 Å². The molecule has 3 fully saturated rings. The van der Waals surface area contributed by atoms with Crippen LogP contribution in [0.1, 0.15) is 50.0 Å². The standard InChI is InChI=1S/C16H25N3O3/c1-11-17-18-16(21-11)15-3-2-13-14(22-15)4-7-19(13)10-12-5-8-20-9-6-12/h12-15H,2-10H2,1H3/t13-,14-,15+/m1/s1. The van der Waals surface area contributed by atoms with Crippen LogP contribution in [0.5, 0.6) is 0 Å². The van der Waals surface area contributed by atoms with Crippen LogP contribution >= 0.6 is 0 Å².